The van der Waals surface area contributed by atoms with Crippen LogP contribution < -0.4 is 14.2 Å². The summed E-state index contributed by atoms with van der Waals surface area (Å²) in [6.07, 6.45) is 4.15. The Morgan fingerprint density at radius 3 is 2.46 bits per heavy atom. The molecule has 3 aromatic rings. The highest BCUT2D eigenvalue weighted by Gasteiger charge is 2.24. The first-order chi connectivity index (χ1) is 17.1. The summed E-state index contributed by atoms with van der Waals surface area (Å²) in [5.41, 5.74) is 2.39. The maximum atomic E-state index is 13.1. The van der Waals surface area contributed by atoms with Crippen molar-refractivity contribution < 1.29 is 28.1 Å². The number of nitrogens with zero attached hydrogens (tertiary/aromatic N) is 1. The number of carbonyl (C=O) groups excluding carboxylic acids is 1. The van der Waals surface area contributed by atoms with Gasteiger partial charge in [0.15, 0.2) is 17.2 Å². The number of allylic oxidation sites excluding steroid dienone is 1. The molecule has 4 rings (SSSR count). The van der Waals surface area contributed by atoms with E-state index in [0.717, 1.165) is 17.7 Å². The molecular formula is C28H24FNO5. The van der Waals surface area contributed by atoms with Crippen LogP contribution in [0.5, 0.6) is 17.2 Å². The predicted octanol–water partition coefficient (Wildman–Crippen LogP) is 5.37. The second-order valence-electron chi connectivity index (χ2n) is 7.55. The quantitative estimate of drug-likeness (QED) is 0.172. The van der Waals surface area contributed by atoms with Crippen LogP contribution in [0, 0.1) is 5.82 Å². The number of para-hydroxylation sites is 1. The normalized spacial score (nSPS) is 13.8. The van der Waals surface area contributed by atoms with Gasteiger partial charge in [0.25, 0.3) is 0 Å². The van der Waals surface area contributed by atoms with Crippen LogP contribution in [0.15, 0.2) is 90.1 Å². The number of ether oxygens (including phenoxy) is 4. The van der Waals surface area contributed by atoms with Gasteiger partial charge in [0, 0.05) is 5.56 Å². The Balaban J connectivity index is 1.41. The Hall–Kier alpha value is -4.39. The zero-order chi connectivity index (χ0) is 24.6. The molecule has 3 aromatic carbocycles. The monoisotopic (exact) mass is 473 g/mol. The van der Waals surface area contributed by atoms with Crippen LogP contribution >= 0.6 is 0 Å². The first-order valence-corrected chi connectivity index (χ1v) is 11.0. The van der Waals surface area contributed by atoms with Gasteiger partial charge in [0.1, 0.15) is 24.8 Å². The maximum Gasteiger partial charge on any atom is 0.363 e. The molecule has 0 N–H and O–H groups in total. The molecule has 0 fully saturated rings. The lowest BCUT2D eigenvalue weighted by atomic mass is 10.1. The summed E-state index contributed by atoms with van der Waals surface area (Å²) < 4.78 is 35.5. The summed E-state index contributed by atoms with van der Waals surface area (Å²) in [6, 6.07) is 18.6. The van der Waals surface area contributed by atoms with E-state index in [-0.39, 0.29) is 17.4 Å². The van der Waals surface area contributed by atoms with Gasteiger partial charge in [0.2, 0.25) is 5.90 Å². The van der Waals surface area contributed by atoms with Gasteiger partial charge in [-0.1, -0.05) is 30.3 Å². The summed E-state index contributed by atoms with van der Waals surface area (Å²) in [6.45, 7) is 4.45. The molecule has 178 valence electrons. The molecule has 0 saturated carbocycles. The van der Waals surface area contributed by atoms with Crippen LogP contribution in [-0.4, -0.2) is 32.2 Å². The van der Waals surface area contributed by atoms with E-state index in [9.17, 15) is 9.18 Å². The fourth-order valence-corrected chi connectivity index (χ4v) is 3.45. The van der Waals surface area contributed by atoms with Gasteiger partial charge in [0.05, 0.1) is 7.11 Å². The molecule has 0 atom stereocenters. The Bertz CT molecular complexity index is 1280. The number of halogens is 1. The van der Waals surface area contributed by atoms with E-state index < -0.39 is 5.97 Å². The molecule has 6 nitrogen and oxygen atoms in total. The minimum Gasteiger partial charge on any atom is -0.493 e. The summed E-state index contributed by atoms with van der Waals surface area (Å²) in [5.74, 6) is 1.00. The van der Waals surface area contributed by atoms with Gasteiger partial charge in [-0.3, -0.25) is 0 Å². The molecule has 0 aromatic heterocycles. The number of cyclic esters (lactones) is 1. The third kappa shape index (κ3) is 5.95. The van der Waals surface area contributed by atoms with Crippen LogP contribution in [0.3, 0.4) is 0 Å². The van der Waals surface area contributed by atoms with E-state index in [4.69, 9.17) is 18.9 Å². The molecule has 7 heteroatoms. The lowest BCUT2D eigenvalue weighted by Crippen LogP contribution is -2.10. The van der Waals surface area contributed by atoms with Crippen LogP contribution in [-0.2, 0) is 16.0 Å². The molecule has 0 bridgehead atoms. The van der Waals surface area contributed by atoms with Gasteiger partial charge >= 0.3 is 5.97 Å². The van der Waals surface area contributed by atoms with Gasteiger partial charge in [-0.25, -0.2) is 14.2 Å². The van der Waals surface area contributed by atoms with E-state index in [0.29, 0.717) is 35.8 Å². The number of rotatable bonds is 10. The zero-order valence-electron chi connectivity index (χ0n) is 19.2. The van der Waals surface area contributed by atoms with Crippen LogP contribution in [0.1, 0.15) is 16.7 Å². The topological polar surface area (TPSA) is 66.3 Å². The first-order valence-electron chi connectivity index (χ1n) is 11.0. The minimum atomic E-state index is -0.586. The van der Waals surface area contributed by atoms with Gasteiger partial charge in [-0.05, 0) is 66.1 Å². The van der Waals surface area contributed by atoms with Gasteiger partial charge in [-0.2, -0.15) is 0 Å². The van der Waals surface area contributed by atoms with Crippen molar-refractivity contribution in [1.82, 2.24) is 0 Å². The predicted molar refractivity (Wildman–Crippen MR) is 131 cm³/mol. The lowest BCUT2D eigenvalue weighted by molar-refractivity contribution is -0.129. The number of hydrogen-bond donors (Lipinski definition) is 0. The fraction of sp³-hybridized carbons (Fsp3) is 0.143. The molecule has 0 aliphatic carbocycles. The smallest absolute Gasteiger partial charge is 0.363 e. The molecule has 1 heterocycles. The Morgan fingerprint density at radius 1 is 0.971 bits per heavy atom. The number of aliphatic imine (C=N–C) groups is 1. The average Bonchev–Trinajstić information content (AvgIpc) is 3.23. The first kappa shape index (κ1) is 23.8. The second kappa shape index (κ2) is 11.2. The van der Waals surface area contributed by atoms with E-state index in [1.807, 2.05) is 30.3 Å². The second-order valence-corrected chi connectivity index (χ2v) is 7.55. The van der Waals surface area contributed by atoms with Crippen molar-refractivity contribution in [3.05, 3.63) is 108 Å². The number of hydrogen-bond acceptors (Lipinski definition) is 6. The standard InChI is InChI=1S/C28H24FNO5/c1-3-6-20-7-4-5-8-24(20)33-15-16-34-25-14-9-19(18-26(25)32-2)17-23-28(31)35-27(30-23)21-10-12-22(29)13-11-21/h3-5,7-14,17-18H,1,6,15-16H2,2H3/b23-17+. The van der Waals surface area contributed by atoms with Crippen molar-refractivity contribution in [3.63, 3.8) is 0 Å². The van der Waals surface area contributed by atoms with Crippen molar-refractivity contribution in [2.75, 3.05) is 20.3 Å². The molecular weight excluding hydrogens is 449 g/mol. The summed E-state index contributed by atoms with van der Waals surface area (Å²) in [4.78, 5) is 16.5. The molecule has 0 spiro atoms. The summed E-state index contributed by atoms with van der Waals surface area (Å²) in [5, 5.41) is 0. The molecule has 1 aliphatic rings. The lowest BCUT2D eigenvalue weighted by Gasteiger charge is -2.13. The molecule has 0 amide bonds. The number of methoxy groups -OCH3 is 1. The third-order valence-electron chi connectivity index (χ3n) is 5.14. The van der Waals surface area contributed by atoms with Crippen molar-refractivity contribution in [2.24, 2.45) is 4.99 Å². The van der Waals surface area contributed by atoms with Gasteiger partial charge in [-0.15, -0.1) is 6.58 Å². The fourth-order valence-electron chi connectivity index (χ4n) is 3.45. The minimum absolute atomic E-state index is 0.128. The SMILES string of the molecule is C=CCc1ccccc1OCCOc1ccc(/C=C2/N=C(c3ccc(F)cc3)OC2=O)cc1OC. The van der Waals surface area contributed by atoms with Crippen LogP contribution in [0.4, 0.5) is 4.39 Å². The summed E-state index contributed by atoms with van der Waals surface area (Å²) in [7, 11) is 1.54. The molecule has 1 aliphatic heterocycles. The van der Waals surface area contributed by atoms with Crippen LogP contribution in [0.2, 0.25) is 0 Å². The van der Waals surface area contributed by atoms with Crippen LogP contribution in [0.25, 0.3) is 6.08 Å². The third-order valence-corrected chi connectivity index (χ3v) is 5.14. The number of esters is 1. The number of benzene rings is 3. The Morgan fingerprint density at radius 2 is 1.71 bits per heavy atom. The highest BCUT2D eigenvalue weighted by atomic mass is 19.1. The van der Waals surface area contributed by atoms with E-state index in [1.165, 1.54) is 31.4 Å². The average molecular weight is 474 g/mol. The van der Waals surface area contributed by atoms with Crippen molar-refractivity contribution in [1.29, 1.82) is 0 Å². The van der Waals surface area contributed by atoms with Gasteiger partial charge < -0.3 is 18.9 Å². The summed E-state index contributed by atoms with van der Waals surface area (Å²) >= 11 is 0. The highest BCUT2D eigenvalue weighted by molar-refractivity contribution is 6.12. The number of carbonyl (C=O) groups is 1. The Labute approximate surface area is 202 Å². The molecule has 0 unspecified atom stereocenters. The van der Waals surface area contributed by atoms with E-state index in [1.54, 1.807) is 24.3 Å². The Kier molecular flexibility index (Phi) is 7.57. The molecule has 0 saturated heterocycles. The van der Waals surface area contributed by atoms with E-state index in [2.05, 4.69) is 11.6 Å². The molecule has 0 radical (unpaired) electrons. The van der Waals surface area contributed by atoms with Crippen molar-refractivity contribution >= 4 is 17.9 Å². The van der Waals surface area contributed by atoms with Crippen molar-refractivity contribution in [3.8, 4) is 17.2 Å². The highest BCUT2D eigenvalue weighted by Crippen LogP contribution is 2.30. The zero-order valence-corrected chi connectivity index (χ0v) is 19.2. The van der Waals surface area contributed by atoms with E-state index >= 15 is 0 Å². The molecule has 35 heavy (non-hydrogen) atoms. The maximum absolute atomic E-state index is 13.1. The largest absolute Gasteiger partial charge is 0.493 e. The van der Waals surface area contributed by atoms with Crippen molar-refractivity contribution in [2.45, 2.75) is 6.42 Å².